The fourth-order valence-electron chi connectivity index (χ4n) is 1.52. The highest BCUT2D eigenvalue weighted by Crippen LogP contribution is 2.28. The minimum atomic E-state index is -0.356. The predicted octanol–water partition coefficient (Wildman–Crippen LogP) is 5.15. The van der Waals surface area contributed by atoms with Crippen molar-refractivity contribution in [2.45, 2.75) is 13.3 Å². The van der Waals surface area contributed by atoms with E-state index in [9.17, 15) is 9.18 Å². The summed E-state index contributed by atoms with van der Waals surface area (Å²) < 4.78 is 15.2. The molecule has 0 unspecified atom stereocenters. The van der Waals surface area contributed by atoms with Crippen molar-refractivity contribution >= 4 is 49.0 Å². The van der Waals surface area contributed by atoms with Gasteiger partial charge < -0.3 is 0 Å². The van der Waals surface area contributed by atoms with E-state index in [0.29, 0.717) is 14.9 Å². The van der Waals surface area contributed by atoms with Crippen LogP contribution < -0.4 is 0 Å². The Bertz CT molecular complexity index is 588. The fourth-order valence-corrected chi connectivity index (χ4v) is 3.33. The van der Waals surface area contributed by atoms with Crippen molar-refractivity contribution < 1.29 is 9.18 Å². The third-order valence-corrected chi connectivity index (χ3v) is 5.17. The molecule has 1 aromatic carbocycles. The molecule has 0 spiro atoms. The number of ketones is 1. The highest BCUT2D eigenvalue weighted by atomic mass is 79.9. The summed E-state index contributed by atoms with van der Waals surface area (Å²) in [6, 6.07) is 6.57. The van der Waals surface area contributed by atoms with Gasteiger partial charge in [0.2, 0.25) is 0 Å². The Morgan fingerprint density at radius 1 is 1.33 bits per heavy atom. The topological polar surface area (TPSA) is 17.1 Å². The number of aryl methyl sites for hydroxylation is 1. The molecule has 0 aliphatic heterocycles. The van der Waals surface area contributed by atoms with Crippen molar-refractivity contribution in [2.75, 3.05) is 0 Å². The van der Waals surface area contributed by atoms with Gasteiger partial charge in [-0.25, -0.2) is 4.39 Å². The van der Waals surface area contributed by atoms with Gasteiger partial charge in [-0.3, -0.25) is 4.79 Å². The summed E-state index contributed by atoms with van der Waals surface area (Å²) in [5.74, 6) is -0.417. The van der Waals surface area contributed by atoms with E-state index in [0.717, 1.165) is 9.35 Å². The second-order valence-electron chi connectivity index (χ2n) is 3.90. The van der Waals surface area contributed by atoms with E-state index in [-0.39, 0.29) is 18.0 Å². The molecule has 18 heavy (non-hydrogen) atoms. The number of carbonyl (C=O) groups is 1. The molecule has 0 radical (unpaired) electrons. The monoisotopic (exact) mass is 390 g/mol. The molecule has 2 aromatic rings. The number of hydrogen-bond donors (Lipinski definition) is 0. The summed E-state index contributed by atoms with van der Waals surface area (Å²) in [4.78, 5) is 12.7. The van der Waals surface area contributed by atoms with Gasteiger partial charge in [-0.1, -0.05) is 22.0 Å². The number of thiophene rings is 1. The number of hydrogen-bond acceptors (Lipinski definition) is 2. The Morgan fingerprint density at radius 2 is 2.06 bits per heavy atom. The molecular formula is C13H9Br2FOS. The molecule has 5 heteroatoms. The lowest BCUT2D eigenvalue weighted by atomic mass is 10.1. The number of rotatable bonds is 3. The van der Waals surface area contributed by atoms with Crippen LogP contribution >= 0.6 is 43.2 Å². The van der Waals surface area contributed by atoms with Crippen LogP contribution in [0.25, 0.3) is 0 Å². The molecule has 0 atom stereocenters. The maximum absolute atomic E-state index is 13.6. The fraction of sp³-hybridized carbons (Fsp3) is 0.154. The molecule has 0 saturated carbocycles. The minimum absolute atomic E-state index is 0.0602. The van der Waals surface area contributed by atoms with Crippen LogP contribution in [0.3, 0.4) is 0 Å². The summed E-state index contributed by atoms with van der Waals surface area (Å²) in [7, 11) is 0. The Labute approximate surface area is 125 Å². The zero-order valence-corrected chi connectivity index (χ0v) is 13.5. The lowest BCUT2D eigenvalue weighted by Crippen LogP contribution is -2.03. The number of halogens is 3. The second-order valence-corrected chi connectivity index (χ2v) is 7.19. The molecule has 1 nitrogen and oxygen atoms in total. The first-order valence-corrected chi connectivity index (χ1v) is 7.60. The van der Waals surface area contributed by atoms with Crippen LogP contribution in [0, 0.1) is 12.7 Å². The number of carbonyl (C=O) groups excluding carboxylic acids is 1. The third-order valence-electron chi connectivity index (χ3n) is 2.50. The van der Waals surface area contributed by atoms with Crippen molar-refractivity contribution in [3.05, 3.63) is 54.3 Å². The van der Waals surface area contributed by atoms with Crippen molar-refractivity contribution in [1.29, 1.82) is 0 Å². The standard InChI is InChI=1S/C13H9Br2FOS/c1-7-4-12(18-13(7)15)11(17)5-8-2-3-9(14)6-10(8)16/h2-4,6H,5H2,1H3. The molecule has 1 aromatic heterocycles. The van der Waals surface area contributed by atoms with E-state index in [1.807, 2.05) is 13.0 Å². The molecule has 0 aliphatic rings. The molecule has 0 N–H and O–H groups in total. The van der Waals surface area contributed by atoms with Gasteiger partial charge in [-0.2, -0.15) is 0 Å². The average molecular weight is 392 g/mol. The molecule has 0 aliphatic carbocycles. The quantitative estimate of drug-likeness (QED) is 0.661. The van der Waals surface area contributed by atoms with Crippen molar-refractivity contribution in [3.8, 4) is 0 Å². The van der Waals surface area contributed by atoms with Crippen LogP contribution in [-0.4, -0.2) is 5.78 Å². The first-order valence-electron chi connectivity index (χ1n) is 5.20. The number of Topliss-reactive ketones (excluding diaryl/α,β-unsaturated/α-hetero) is 1. The molecule has 1 heterocycles. The summed E-state index contributed by atoms with van der Waals surface area (Å²) >= 11 is 7.96. The molecule has 0 bridgehead atoms. The normalized spacial score (nSPS) is 10.7. The van der Waals surface area contributed by atoms with E-state index in [1.54, 1.807) is 12.1 Å². The zero-order chi connectivity index (χ0) is 13.3. The third kappa shape index (κ3) is 3.08. The maximum atomic E-state index is 13.6. The SMILES string of the molecule is Cc1cc(C(=O)Cc2ccc(Br)cc2F)sc1Br. The van der Waals surface area contributed by atoms with Crippen LogP contribution in [0.1, 0.15) is 20.8 Å². The summed E-state index contributed by atoms with van der Waals surface area (Å²) in [5.41, 5.74) is 1.45. The molecule has 0 saturated heterocycles. The molecule has 0 amide bonds. The molecule has 0 fully saturated rings. The van der Waals surface area contributed by atoms with E-state index in [2.05, 4.69) is 31.9 Å². The van der Waals surface area contributed by atoms with Crippen molar-refractivity contribution in [2.24, 2.45) is 0 Å². The van der Waals surface area contributed by atoms with E-state index >= 15 is 0 Å². The van der Waals surface area contributed by atoms with Crippen molar-refractivity contribution in [3.63, 3.8) is 0 Å². The average Bonchev–Trinajstić information content (AvgIpc) is 2.63. The Balaban J connectivity index is 2.21. The van der Waals surface area contributed by atoms with Crippen LogP contribution in [0.15, 0.2) is 32.5 Å². The Hall–Kier alpha value is -0.520. The Morgan fingerprint density at radius 3 is 2.61 bits per heavy atom. The van der Waals surface area contributed by atoms with Crippen LogP contribution in [0.2, 0.25) is 0 Å². The first kappa shape index (κ1) is 13.9. The van der Waals surface area contributed by atoms with Crippen LogP contribution in [-0.2, 0) is 6.42 Å². The van der Waals surface area contributed by atoms with Crippen LogP contribution in [0.5, 0.6) is 0 Å². The van der Waals surface area contributed by atoms with Crippen molar-refractivity contribution in [1.82, 2.24) is 0 Å². The zero-order valence-electron chi connectivity index (χ0n) is 9.47. The summed E-state index contributed by atoms with van der Waals surface area (Å²) in [6.07, 6.45) is 0.0888. The van der Waals surface area contributed by atoms with E-state index in [4.69, 9.17) is 0 Å². The largest absolute Gasteiger partial charge is 0.293 e. The summed E-state index contributed by atoms with van der Waals surface area (Å²) in [5, 5.41) is 0. The molecule has 2 rings (SSSR count). The Kier molecular flexibility index (Phi) is 4.35. The van der Waals surface area contributed by atoms with Gasteiger partial charge in [0.15, 0.2) is 5.78 Å². The van der Waals surface area contributed by atoms with Gasteiger partial charge in [0.1, 0.15) is 5.82 Å². The number of benzene rings is 1. The van der Waals surface area contributed by atoms with Gasteiger partial charge in [-0.05, 0) is 52.2 Å². The van der Waals surface area contributed by atoms with Gasteiger partial charge >= 0.3 is 0 Å². The summed E-state index contributed by atoms with van der Waals surface area (Å²) in [6.45, 7) is 1.93. The predicted molar refractivity (Wildman–Crippen MR) is 78.9 cm³/mol. The lowest BCUT2D eigenvalue weighted by molar-refractivity contribution is 0.0995. The van der Waals surface area contributed by atoms with Gasteiger partial charge in [0.05, 0.1) is 8.66 Å². The van der Waals surface area contributed by atoms with Gasteiger partial charge in [-0.15, -0.1) is 11.3 Å². The second kappa shape index (κ2) is 5.63. The lowest BCUT2D eigenvalue weighted by Gasteiger charge is -2.02. The van der Waals surface area contributed by atoms with E-state index in [1.165, 1.54) is 17.4 Å². The first-order chi connectivity index (χ1) is 8.47. The molecule has 94 valence electrons. The van der Waals surface area contributed by atoms with Crippen LogP contribution in [0.4, 0.5) is 4.39 Å². The highest BCUT2D eigenvalue weighted by molar-refractivity contribution is 9.11. The minimum Gasteiger partial charge on any atom is -0.293 e. The smallest absolute Gasteiger partial charge is 0.177 e. The molecular weight excluding hydrogens is 383 g/mol. The highest BCUT2D eigenvalue weighted by Gasteiger charge is 2.14. The van der Waals surface area contributed by atoms with Gasteiger partial charge in [0, 0.05) is 10.9 Å². The van der Waals surface area contributed by atoms with E-state index < -0.39 is 0 Å². The maximum Gasteiger partial charge on any atom is 0.177 e. The van der Waals surface area contributed by atoms with Gasteiger partial charge in [0.25, 0.3) is 0 Å².